The van der Waals surface area contributed by atoms with Gasteiger partial charge in [0, 0.05) is 5.39 Å². The van der Waals surface area contributed by atoms with Crippen molar-refractivity contribution < 1.29 is 9.53 Å². The summed E-state index contributed by atoms with van der Waals surface area (Å²) in [5, 5.41) is 2.03. The first-order valence-corrected chi connectivity index (χ1v) is 4.00. The number of fused-ring (bicyclic) bond motifs is 1. The van der Waals surface area contributed by atoms with Gasteiger partial charge in [-0.2, -0.15) is 0 Å². The van der Waals surface area contributed by atoms with Gasteiger partial charge in [-0.15, -0.1) is 0 Å². The number of ether oxygens (including phenoxy) is 1. The summed E-state index contributed by atoms with van der Waals surface area (Å²) in [4.78, 5) is 10.2. The Bertz CT molecular complexity index is 435. The molecule has 0 amide bonds. The van der Waals surface area contributed by atoms with Gasteiger partial charge in [0.2, 0.25) is 0 Å². The van der Waals surface area contributed by atoms with Gasteiger partial charge in [-0.05, 0) is 11.5 Å². The van der Waals surface area contributed by atoms with E-state index in [1.54, 1.807) is 6.07 Å². The minimum absolute atomic E-state index is 0. The fourth-order valence-electron chi connectivity index (χ4n) is 1.35. The summed E-state index contributed by atoms with van der Waals surface area (Å²) in [6.45, 7) is 0.446. The molecule has 0 heterocycles. The van der Waals surface area contributed by atoms with Crippen LogP contribution in [0.5, 0.6) is 5.75 Å². The van der Waals surface area contributed by atoms with Crippen molar-refractivity contribution in [2.45, 2.75) is 0 Å². The topological polar surface area (TPSA) is 26.3 Å². The van der Waals surface area contributed by atoms with Crippen molar-refractivity contribution in [1.82, 2.24) is 0 Å². The molecule has 0 atom stereocenters. The van der Waals surface area contributed by atoms with Crippen LogP contribution in [0, 0.1) is 0 Å². The average Bonchev–Trinajstić information content (AvgIpc) is 2.19. The number of carbonyl (C=O) groups excluding carboxylic acids is 1. The fourth-order valence-corrected chi connectivity index (χ4v) is 1.35. The van der Waals surface area contributed by atoms with Crippen molar-refractivity contribution in [3.05, 3.63) is 42.5 Å². The molecule has 2 aromatic rings. The summed E-state index contributed by atoms with van der Waals surface area (Å²) < 4.78 is 4.84. The van der Waals surface area contributed by atoms with Gasteiger partial charge in [-0.1, -0.05) is 36.4 Å². The molecule has 0 aliphatic heterocycles. The van der Waals surface area contributed by atoms with Gasteiger partial charge >= 0.3 is 51.4 Å². The molecule has 0 fully saturated rings. The molecule has 2 nitrogen and oxygen atoms in total. The monoisotopic (exact) mass is 212 g/mol. The van der Waals surface area contributed by atoms with Crippen LogP contribution in [0.4, 0.5) is 0 Å². The molecule has 2 aromatic carbocycles. The molecule has 0 aliphatic rings. The molecule has 14 heavy (non-hydrogen) atoms. The van der Waals surface area contributed by atoms with E-state index in [-0.39, 0.29) is 51.4 Å². The van der Waals surface area contributed by atoms with Gasteiger partial charge in [-0.3, -0.25) is 4.79 Å². The zero-order valence-electron chi connectivity index (χ0n) is 6.94. The summed E-state index contributed by atoms with van der Waals surface area (Å²) in [5.41, 5.74) is 0. The zero-order valence-corrected chi connectivity index (χ0v) is 6.94. The van der Waals surface area contributed by atoms with Gasteiger partial charge in [0.25, 0.3) is 6.47 Å². The molecule has 3 heteroatoms. The Morgan fingerprint density at radius 1 is 1.00 bits per heavy atom. The predicted octanol–water partition coefficient (Wildman–Crippen LogP) is 1.73. The molecule has 0 saturated heterocycles. The number of carbonyl (C=O) groups is 1. The van der Waals surface area contributed by atoms with E-state index in [0.29, 0.717) is 12.2 Å². The van der Waals surface area contributed by atoms with Gasteiger partial charge in [0.05, 0.1) is 0 Å². The average molecular weight is 212 g/mol. The fraction of sp³-hybridized carbons (Fsp3) is 0. The Kier molecular flexibility index (Phi) is 4.78. The molecule has 66 valence electrons. The summed E-state index contributed by atoms with van der Waals surface area (Å²) in [7, 11) is 0. The predicted molar refractivity (Wildman–Crippen MR) is 57.8 cm³/mol. The summed E-state index contributed by atoms with van der Waals surface area (Å²) in [6.07, 6.45) is 0. The quantitative estimate of drug-likeness (QED) is 0.560. The third-order valence-electron chi connectivity index (χ3n) is 1.92. The van der Waals surface area contributed by atoms with Crippen LogP contribution in [-0.4, -0.2) is 57.9 Å². The third kappa shape index (κ3) is 2.43. The standard InChI is InChI=1S/C11H8O2.K.H/c12-8-13-11-7-3-5-9-4-1-2-6-10(9)11;;/h1-8H;;. The third-order valence-corrected chi connectivity index (χ3v) is 1.92. The number of hydrogen-bond donors (Lipinski definition) is 0. The van der Waals surface area contributed by atoms with E-state index >= 15 is 0 Å². The van der Waals surface area contributed by atoms with E-state index in [1.807, 2.05) is 36.4 Å². The Labute approximate surface area is 125 Å². The molecule has 0 aromatic heterocycles. The van der Waals surface area contributed by atoms with Gasteiger partial charge in [-0.25, -0.2) is 0 Å². The van der Waals surface area contributed by atoms with E-state index in [0.717, 1.165) is 10.8 Å². The maximum absolute atomic E-state index is 10.2. The molecule has 0 spiro atoms. The second-order valence-electron chi connectivity index (χ2n) is 2.69. The molecule has 0 bridgehead atoms. The molecule has 0 unspecified atom stereocenters. The van der Waals surface area contributed by atoms with E-state index in [1.165, 1.54) is 0 Å². The van der Waals surface area contributed by atoms with E-state index in [4.69, 9.17) is 4.74 Å². The van der Waals surface area contributed by atoms with Crippen molar-refractivity contribution >= 4 is 68.6 Å². The SMILES string of the molecule is O=COc1cccc2ccccc12.[KH]. The molecular formula is C11H9KO2. The minimum atomic E-state index is 0. The zero-order chi connectivity index (χ0) is 9.10. The van der Waals surface area contributed by atoms with Crippen molar-refractivity contribution in [1.29, 1.82) is 0 Å². The summed E-state index contributed by atoms with van der Waals surface area (Å²) in [5.74, 6) is 0.605. The Balaban J connectivity index is 0.000000980. The Hall–Kier alpha value is -0.194. The van der Waals surface area contributed by atoms with Crippen LogP contribution in [0.15, 0.2) is 42.5 Å². The summed E-state index contributed by atoms with van der Waals surface area (Å²) in [6, 6.07) is 13.4. The van der Waals surface area contributed by atoms with Crippen molar-refractivity contribution in [2.75, 3.05) is 0 Å². The number of rotatable bonds is 2. The van der Waals surface area contributed by atoms with Crippen LogP contribution in [-0.2, 0) is 4.79 Å². The first-order chi connectivity index (χ1) is 6.42. The first kappa shape index (κ1) is 11.9. The van der Waals surface area contributed by atoms with Gasteiger partial charge in [0.15, 0.2) is 0 Å². The Morgan fingerprint density at radius 2 is 1.71 bits per heavy atom. The summed E-state index contributed by atoms with van der Waals surface area (Å²) >= 11 is 0. The van der Waals surface area contributed by atoms with Crippen molar-refractivity contribution in [2.24, 2.45) is 0 Å². The molecule has 0 radical (unpaired) electrons. The van der Waals surface area contributed by atoms with E-state index < -0.39 is 0 Å². The van der Waals surface area contributed by atoms with Crippen molar-refractivity contribution in [3.8, 4) is 5.75 Å². The van der Waals surface area contributed by atoms with Gasteiger partial charge in [0.1, 0.15) is 5.75 Å². The van der Waals surface area contributed by atoms with Crippen LogP contribution in [0.1, 0.15) is 0 Å². The van der Waals surface area contributed by atoms with E-state index in [9.17, 15) is 4.79 Å². The molecule has 0 saturated carbocycles. The first-order valence-electron chi connectivity index (χ1n) is 4.00. The van der Waals surface area contributed by atoms with Gasteiger partial charge < -0.3 is 4.74 Å². The van der Waals surface area contributed by atoms with E-state index in [2.05, 4.69) is 0 Å². The number of benzene rings is 2. The molecule has 0 N–H and O–H groups in total. The second-order valence-corrected chi connectivity index (χ2v) is 2.69. The normalized spacial score (nSPS) is 9.14. The Morgan fingerprint density at radius 3 is 2.50 bits per heavy atom. The molecule has 0 aliphatic carbocycles. The van der Waals surface area contributed by atoms with Crippen molar-refractivity contribution in [3.63, 3.8) is 0 Å². The van der Waals surface area contributed by atoms with Crippen LogP contribution >= 0.6 is 0 Å². The van der Waals surface area contributed by atoms with Crippen LogP contribution in [0.3, 0.4) is 0 Å². The molecular weight excluding hydrogens is 203 g/mol. The van der Waals surface area contributed by atoms with Crippen LogP contribution in [0.2, 0.25) is 0 Å². The van der Waals surface area contributed by atoms with Crippen LogP contribution in [0.25, 0.3) is 10.8 Å². The molecule has 2 rings (SSSR count). The number of hydrogen-bond acceptors (Lipinski definition) is 2. The maximum atomic E-state index is 10.2. The van der Waals surface area contributed by atoms with Crippen LogP contribution < -0.4 is 4.74 Å². The second kappa shape index (κ2) is 5.63.